The predicted octanol–water partition coefficient (Wildman–Crippen LogP) is 3.08. The van der Waals surface area contributed by atoms with Gasteiger partial charge in [-0.25, -0.2) is 4.79 Å². The van der Waals surface area contributed by atoms with Crippen LogP contribution in [-0.4, -0.2) is 22.4 Å². The molecule has 0 spiro atoms. The summed E-state index contributed by atoms with van der Waals surface area (Å²) in [6.45, 7) is 1.72. The molecule has 21 heavy (non-hydrogen) atoms. The van der Waals surface area contributed by atoms with Gasteiger partial charge in [0.25, 0.3) is 0 Å². The fraction of sp³-hybridized carbons (Fsp3) is 0.286. The zero-order valence-electron chi connectivity index (χ0n) is 11.4. The average Bonchev–Trinajstić information content (AvgIpc) is 2.96. The van der Waals surface area contributed by atoms with Crippen molar-refractivity contribution in [2.45, 2.75) is 19.5 Å². The molecule has 5 nitrogen and oxygen atoms in total. The van der Waals surface area contributed by atoms with E-state index in [0.29, 0.717) is 23.1 Å². The maximum atomic E-state index is 11.6. The van der Waals surface area contributed by atoms with Gasteiger partial charge in [0.05, 0.1) is 0 Å². The summed E-state index contributed by atoms with van der Waals surface area (Å²) in [5, 5.41) is 10.7. The Hall–Kier alpha value is -1.72. The van der Waals surface area contributed by atoms with E-state index < -0.39 is 0 Å². The molecule has 2 rings (SSSR count). The van der Waals surface area contributed by atoms with E-state index in [1.165, 1.54) is 0 Å². The van der Waals surface area contributed by atoms with Crippen LogP contribution in [0, 0.1) is 0 Å². The number of carbonyl (C=O) groups excluding carboxylic acids is 1. The van der Waals surface area contributed by atoms with Crippen LogP contribution in [-0.2, 0) is 13.1 Å². The monoisotopic (exact) mass is 326 g/mol. The first-order valence-corrected chi connectivity index (χ1v) is 7.34. The first-order chi connectivity index (χ1) is 10.1. The number of nitrogens with zero attached hydrogens (tertiary/aromatic N) is 2. The van der Waals surface area contributed by atoms with Crippen LogP contribution in [0.3, 0.4) is 0 Å². The molecule has 0 saturated heterocycles. The van der Waals surface area contributed by atoms with Crippen LogP contribution in [0.1, 0.15) is 12.0 Å². The number of nitrogens with one attached hydrogen (secondary N) is 2. The van der Waals surface area contributed by atoms with Gasteiger partial charge in [0.1, 0.15) is 0 Å². The molecule has 0 fully saturated rings. The molecule has 0 unspecified atom stereocenters. The van der Waals surface area contributed by atoms with Crippen molar-refractivity contribution >= 4 is 29.2 Å². The van der Waals surface area contributed by atoms with Crippen molar-refractivity contribution < 1.29 is 4.79 Å². The molecule has 0 radical (unpaired) electrons. The smallest absolute Gasteiger partial charge is 0.315 e. The molecular formula is C14H16Cl2N4O. The van der Waals surface area contributed by atoms with E-state index in [-0.39, 0.29) is 6.03 Å². The second kappa shape index (κ2) is 7.90. The Morgan fingerprint density at radius 1 is 1.29 bits per heavy atom. The second-order valence-corrected chi connectivity index (χ2v) is 5.31. The van der Waals surface area contributed by atoms with Gasteiger partial charge in [0, 0.05) is 42.1 Å². The number of aromatic nitrogens is 2. The Kier molecular flexibility index (Phi) is 5.90. The van der Waals surface area contributed by atoms with Crippen molar-refractivity contribution in [1.82, 2.24) is 20.4 Å². The first-order valence-electron chi connectivity index (χ1n) is 6.58. The highest BCUT2D eigenvalue weighted by Gasteiger charge is 2.04. The lowest BCUT2D eigenvalue weighted by atomic mass is 10.2. The molecule has 0 aliphatic carbocycles. The van der Waals surface area contributed by atoms with Crippen LogP contribution in [0.5, 0.6) is 0 Å². The third kappa shape index (κ3) is 5.28. The summed E-state index contributed by atoms with van der Waals surface area (Å²) in [5.41, 5.74) is 0.827. The minimum absolute atomic E-state index is 0.221. The van der Waals surface area contributed by atoms with E-state index in [2.05, 4.69) is 15.7 Å². The number of hydrogen-bond acceptors (Lipinski definition) is 2. The summed E-state index contributed by atoms with van der Waals surface area (Å²) < 4.78 is 1.83. The molecule has 1 aromatic carbocycles. The number of amides is 2. The van der Waals surface area contributed by atoms with Gasteiger partial charge >= 0.3 is 6.03 Å². The van der Waals surface area contributed by atoms with Crippen LogP contribution in [0.25, 0.3) is 0 Å². The van der Waals surface area contributed by atoms with Gasteiger partial charge in [-0.15, -0.1) is 0 Å². The summed E-state index contributed by atoms with van der Waals surface area (Å²) in [6.07, 6.45) is 4.44. The third-order valence-corrected chi connectivity index (χ3v) is 3.45. The molecule has 0 saturated carbocycles. The maximum Gasteiger partial charge on any atom is 0.315 e. The second-order valence-electron chi connectivity index (χ2n) is 4.47. The zero-order chi connectivity index (χ0) is 15.1. The molecule has 0 aliphatic rings. The molecule has 7 heteroatoms. The molecule has 0 bridgehead atoms. The topological polar surface area (TPSA) is 59.0 Å². The van der Waals surface area contributed by atoms with E-state index in [9.17, 15) is 4.79 Å². The highest BCUT2D eigenvalue weighted by atomic mass is 35.5. The fourth-order valence-corrected chi connectivity index (χ4v) is 2.25. The summed E-state index contributed by atoms with van der Waals surface area (Å²) in [5.74, 6) is 0. The number of rotatable bonds is 6. The highest BCUT2D eigenvalue weighted by molar-refractivity contribution is 6.35. The molecule has 0 aliphatic heterocycles. The maximum absolute atomic E-state index is 11.6. The summed E-state index contributed by atoms with van der Waals surface area (Å²) >= 11 is 11.8. The lowest BCUT2D eigenvalue weighted by Crippen LogP contribution is -2.35. The Balaban J connectivity index is 1.65. The summed E-state index contributed by atoms with van der Waals surface area (Å²) in [7, 11) is 0. The van der Waals surface area contributed by atoms with E-state index in [0.717, 1.165) is 18.5 Å². The first kappa shape index (κ1) is 15.7. The van der Waals surface area contributed by atoms with Crippen LogP contribution in [0.15, 0.2) is 36.7 Å². The van der Waals surface area contributed by atoms with E-state index >= 15 is 0 Å². The lowest BCUT2D eigenvalue weighted by Gasteiger charge is -2.09. The van der Waals surface area contributed by atoms with Crippen molar-refractivity contribution in [3.05, 3.63) is 52.3 Å². The number of benzene rings is 1. The van der Waals surface area contributed by atoms with E-state index in [1.807, 2.05) is 16.9 Å². The average molecular weight is 327 g/mol. The number of carbonyl (C=O) groups is 1. The van der Waals surface area contributed by atoms with Crippen LogP contribution in [0.4, 0.5) is 4.79 Å². The van der Waals surface area contributed by atoms with Crippen LogP contribution >= 0.6 is 23.2 Å². The lowest BCUT2D eigenvalue weighted by molar-refractivity contribution is 0.240. The Morgan fingerprint density at radius 3 is 2.86 bits per heavy atom. The van der Waals surface area contributed by atoms with Crippen molar-refractivity contribution in [2.24, 2.45) is 0 Å². The van der Waals surface area contributed by atoms with Crippen molar-refractivity contribution in [3.63, 3.8) is 0 Å². The molecule has 1 aromatic heterocycles. The van der Waals surface area contributed by atoms with Crippen LogP contribution in [0.2, 0.25) is 10.0 Å². The zero-order valence-corrected chi connectivity index (χ0v) is 12.9. The molecule has 0 atom stereocenters. The van der Waals surface area contributed by atoms with Crippen molar-refractivity contribution in [3.8, 4) is 0 Å². The Labute approximate surface area is 133 Å². The van der Waals surface area contributed by atoms with Gasteiger partial charge in [-0.1, -0.05) is 29.3 Å². The van der Waals surface area contributed by atoms with Gasteiger partial charge < -0.3 is 10.6 Å². The van der Waals surface area contributed by atoms with E-state index in [4.69, 9.17) is 23.2 Å². The largest absolute Gasteiger partial charge is 0.338 e. The standard InChI is InChI=1S/C14H16Cl2N4O/c15-12-4-3-11(13(16)9-12)10-18-14(21)17-5-1-7-20-8-2-6-19-20/h2-4,6,8-9H,1,5,7,10H2,(H2,17,18,21). The van der Waals surface area contributed by atoms with Crippen molar-refractivity contribution in [2.75, 3.05) is 6.54 Å². The van der Waals surface area contributed by atoms with E-state index in [1.54, 1.807) is 24.4 Å². The van der Waals surface area contributed by atoms with Gasteiger partial charge in [0.2, 0.25) is 0 Å². The fourth-order valence-electron chi connectivity index (χ4n) is 1.78. The SMILES string of the molecule is O=C(NCCCn1cccn1)NCc1ccc(Cl)cc1Cl. The normalized spacial score (nSPS) is 10.4. The quantitative estimate of drug-likeness (QED) is 0.801. The highest BCUT2D eigenvalue weighted by Crippen LogP contribution is 2.20. The minimum atomic E-state index is -0.221. The molecular weight excluding hydrogens is 311 g/mol. The number of hydrogen-bond donors (Lipinski definition) is 2. The summed E-state index contributed by atoms with van der Waals surface area (Å²) in [6, 6.07) is 6.84. The number of aryl methyl sites for hydroxylation is 1. The number of urea groups is 1. The third-order valence-electron chi connectivity index (χ3n) is 2.86. The molecule has 2 N–H and O–H groups in total. The minimum Gasteiger partial charge on any atom is -0.338 e. The van der Waals surface area contributed by atoms with Crippen LogP contribution < -0.4 is 10.6 Å². The molecule has 112 valence electrons. The van der Waals surface area contributed by atoms with Gasteiger partial charge in [-0.05, 0) is 30.2 Å². The molecule has 2 aromatic rings. The molecule has 2 amide bonds. The Morgan fingerprint density at radius 2 is 2.14 bits per heavy atom. The van der Waals surface area contributed by atoms with Gasteiger partial charge in [-0.3, -0.25) is 4.68 Å². The van der Waals surface area contributed by atoms with Gasteiger partial charge in [0.15, 0.2) is 0 Å². The molecule has 1 heterocycles. The number of halogens is 2. The predicted molar refractivity (Wildman–Crippen MR) is 83.5 cm³/mol. The van der Waals surface area contributed by atoms with Gasteiger partial charge in [-0.2, -0.15) is 5.10 Å². The Bertz CT molecular complexity index is 587. The summed E-state index contributed by atoms with van der Waals surface area (Å²) in [4.78, 5) is 11.6. The van der Waals surface area contributed by atoms with Crippen molar-refractivity contribution in [1.29, 1.82) is 0 Å².